The van der Waals surface area contributed by atoms with Gasteiger partial charge in [0.15, 0.2) is 0 Å². The lowest BCUT2D eigenvalue weighted by atomic mass is 9.86. The van der Waals surface area contributed by atoms with E-state index < -0.39 is 5.41 Å². The molecule has 2 aliphatic rings. The lowest BCUT2D eigenvalue weighted by molar-refractivity contribution is -0.141. The molecule has 2 aliphatic heterocycles. The highest BCUT2D eigenvalue weighted by Crippen LogP contribution is 2.45. The average Bonchev–Trinajstić information content (AvgIpc) is 3.27. The van der Waals surface area contributed by atoms with Crippen LogP contribution in [0.1, 0.15) is 18.5 Å². The zero-order chi connectivity index (χ0) is 15.9. The number of carbonyl (C=O) groups excluding carboxylic acids is 2. The van der Waals surface area contributed by atoms with Crippen molar-refractivity contribution in [2.24, 2.45) is 5.41 Å². The predicted octanol–water partition coefficient (Wildman–Crippen LogP) is 2.72. The molecule has 1 spiro atoms. The highest BCUT2D eigenvalue weighted by molar-refractivity contribution is 7.99. The molecule has 1 atom stereocenters. The molecule has 23 heavy (non-hydrogen) atoms. The van der Waals surface area contributed by atoms with Crippen LogP contribution in [0.4, 0.5) is 0 Å². The summed E-state index contributed by atoms with van der Waals surface area (Å²) in [6, 6.07) is 9.56. The van der Waals surface area contributed by atoms with E-state index >= 15 is 0 Å². The summed E-state index contributed by atoms with van der Waals surface area (Å²) in [7, 11) is 0. The van der Waals surface area contributed by atoms with Crippen molar-refractivity contribution in [2.45, 2.75) is 19.4 Å². The smallest absolute Gasteiger partial charge is 0.237 e. The zero-order valence-electron chi connectivity index (χ0n) is 12.5. The van der Waals surface area contributed by atoms with Crippen LogP contribution < -0.4 is 0 Å². The Morgan fingerprint density at radius 1 is 1.26 bits per heavy atom. The van der Waals surface area contributed by atoms with Gasteiger partial charge in [-0.2, -0.15) is 11.8 Å². The Morgan fingerprint density at radius 2 is 2.09 bits per heavy atom. The molecule has 118 valence electrons. The average molecular weight is 328 g/mol. The fourth-order valence-corrected chi connectivity index (χ4v) is 4.63. The molecule has 5 nitrogen and oxygen atoms in total. The molecule has 0 N–H and O–H groups in total. The number of aromatic nitrogens is 1. The van der Waals surface area contributed by atoms with Gasteiger partial charge in [0.05, 0.1) is 17.7 Å². The summed E-state index contributed by atoms with van der Waals surface area (Å²) in [5, 5.41) is 0. The molecular formula is C17H16N2O3S. The van der Waals surface area contributed by atoms with E-state index in [1.54, 1.807) is 11.8 Å². The molecule has 6 heteroatoms. The first-order valence-electron chi connectivity index (χ1n) is 7.60. The van der Waals surface area contributed by atoms with Crippen LogP contribution in [0.3, 0.4) is 0 Å². The highest BCUT2D eigenvalue weighted by atomic mass is 32.2. The monoisotopic (exact) mass is 328 g/mol. The first-order valence-corrected chi connectivity index (χ1v) is 8.76. The van der Waals surface area contributed by atoms with Crippen molar-refractivity contribution in [3.63, 3.8) is 0 Å². The number of oxazole rings is 1. The van der Waals surface area contributed by atoms with Crippen LogP contribution in [-0.4, -0.2) is 33.2 Å². The second-order valence-electron chi connectivity index (χ2n) is 6.05. The van der Waals surface area contributed by atoms with Crippen molar-refractivity contribution in [1.82, 2.24) is 9.88 Å². The summed E-state index contributed by atoms with van der Waals surface area (Å²) in [5.74, 6) is 2.07. The van der Waals surface area contributed by atoms with Gasteiger partial charge < -0.3 is 4.42 Å². The summed E-state index contributed by atoms with van der Waals surface area (Å²) in [4.78, 5) is 30.7. The maximum absolute atomic E-state index is 12.7. The van der Waals surface area contributed by atoms with Crippen LogP contribution in [0.5, 0.6) is 0 Å². The van der Waals surface area contributed by atoms with Crippen molar-refractivity contribution < 1.29 is 14.0 Å². The maximum Gasteiger partial charge on any atom is 0.237 e. The molecule has 2 amide bonds. The number of hydrogen-bond donors (Lipinski definition) is 0. The molecule has 4 rings (SSSR count). The van der Waals surface area contributed by atoms with Gasteiger partial charge in [-0.05, 0) is 24.3 Å². The quantitative estimate of drug-likeness (QED) is 0.811. The Kier molecular flexibility index (Phi) is 3.49. The summed E-state index contributed by atoms with van der Waals surface area (Å²) in [5.41, 5.74) is 1.02. The Labute approximate surface area is 138 Å². The van der Waals surface area contributed by atoms with Crippen LogP contribution in [0, 0.1) is 5.41 Å². The molecule has 2 fully saturated rings. The van der Waals surface area contributed by atoms with E-state index in [-0.39, 0.29) is 18.4 Å². The van der Waals surface area contributed by atoms with E-state index in [0.29, 0.717) is 18.0 Å². The van der Waals surface area contributed by atoms with Crippen LogP contribution in [0.15, 0.2) is 41.0 Å². The fourth-order valence-electron chi connectivity index (χ4n) is 3.19. The summed E-state index contributed by atoms with van der Waals surface area (Å²) in [6.45, 7) is 0.195. The normalized spacial score (nSPS) is 24.1. The van der Waals surface area contributed by atoms with Crippen LogP contribution >= 0.6 is 11.8 Å². The first kappa shape index (κ1) is 14.5. The number of thioether (sulfide) groups is 1. The Bertz CT molecular complexity index is 750. The second kappa shape index (κ2) is 5.53. The number of rotatable bonds is 3. The predicted molar refractivity (Wildman–Crippen MR) is 86.5 cm³/mol. The third-order valence-electron chi connectivity index (χ3n) is 4.49. The summed E-state index contributed by atoms with van der Waals surface area (Å²) < 4.78 is 5.48. The molecule has 0 radical (unpaired) electrons. The number of amides is 2. The van der Waals surface area contributed by atoms with Crippen LogP contribution in [0.2, 0.25) is 0 Å². The Balaban J connectivity index is 1.54. The van der Waals surface area contributed by atoms with E-state index in [0.717, 1.165) is 23.5 Å². The van der Waals surface area contributed by atoms with Gasteiger partial charge in [-0.1, -0.05) is 18.2 Å². The standard InChI is InChI=1S/C17H16N2O3S/c20-14-8-17(6-7-23-11-17)16(21)19(14)9-13-10-22-15(18-13)12-4-2-1-3-5-12/h1-5,10H,6-9,11H2. The highest BCUT2D eigenvalue weighted by Gasteiger charge is 2.53. The van der Waals surface area contributed by atoms with Crippen molar-refractivity contribution in [1.29, 1.82) is 0 Å². The number of benzene rings is 1. The SMILES string of the molecule is O=C1CC2(CCSC2)C(=O)N1Cc1coc(-c2ccccc2)n1. The molecule has 1 aromatic carbocycles. The van der Waals surface area contributed by atoms with E-state index in [2.05, 4.69) is 4.98 Å². The number of carbonyl (C=O) groups is 2. The van der Waals surface area contributed by atoms with Gasteiger partial charge in [0.25, 0.3) is 0 Å². The van der Waals surface area contributed by atoms with Crippen molar-refractivity contribution >= 4 is 23.6 Å². The van der Waals surface area contributed by atoms with Gasteiger partial charge in [0.1, 0.15) is 6.26 Å². The van der Waals surface area contributed by atoms with Crippen molar-refractivity contribution in [2.75, 3.05) is 11.5 Å². The number of hydrogen-bond acceptors (Lipinski definition) is 5. The third kappa shape index (κ3) is 2.47. The van der Waals surface area contributed by atoms with Crippen molar-refractivity contribution in [3.05, 3.63) is 42.3 Å². The fraction of sp³-hybridized carbons (Fsp3) is 0.353. The molecule has 0 saturated carbocycles. The largest absolute Gasteiger partial charge is 0.444 e. The van der Waals surface area contributed by atoms with E-state index in [4.69, 9.17) is 4.42 Å². The van der Waals surface area contributed by atoms with Crippen LogP contribution in [0.25, 0.3) is 11.5 Å². The van der Waals surface area contributed by atoms with Gasteiger partial charge in [-0.3, -0.25) is 14.5 Å². The minimum absolute atomic E-state index is 0.0447. The minimum atomic E-state index is -0.465. The van der Waals surface area contributed by atoms with Crippen LogP contribution in [-0.2, 0) is 16.1 Å². The van der Waals surface area contributed by atoms with Gasteiger partial charge in [0.2, 0.25) is 17.7 Å². The maximum atomic E-state index is 12.7. The van der Waals surface area contributed by atoms with Gasteiger partial charge in [0, 0.05) is 17.7 Å². The van der Waals surface area contributed by atoms with Gasteiger partial charge in [-0.15, -0.1) is 0 Å². The molecule has 0 aliphatic carbocycles. The van der Waals surface area contributed by atoms with Crippen molar-refractivity contribution in [3.8, 4) is 11.5 Å². The molecule has 1 aromatic heterocycles. The second-order valence-corrected chi connectivity index (χ2v) is 7.16. The molecular weight excluding hydrogens is 312 g/mol. The lowest BCUT2D eigenvalue weighted by Crippen LogP contribution is -2.35. The molecule has 3 heterocycles. The topological polar surface area (TPSA) is 63.4 Å². The number of nitrogens with zero attached hydrogens (tertiary/aromatic N) is 2. The van der Waals surface area contributed by atoms with Gasteiger partial charge in [-0.25, -0.2) is 4.98 Å². The van der Waals surface area contributed by atoms with E-state index in [1.165, 1.54) is 11.2 Å². The summed E-state index contributed by atoms with van der Waals surface area (Å²) >= 11 is 1.75. The van der Waals surface area contributed by atoms with E-state index in [9.17, 15) is 9.59 Å². The zero-order valence-corrected chi connectivity index (χ0v) is 13.3. The molecule has 1 unspecified atom stereocenters. The lowest BCUT2D eigenvalue weighted by Gasteiger charge is -2.19. The third-order valence-corrected chi connectivity index (χ3v) is 5.73. The van der Waals surface area contributed by atoms with E-state index in [1.807, 2.05) is 30.3 Å². The Hall–Kier alpha value is -2.08. The molecule has 2 saturated heterocycles. The molecule has 0 bridgehead atoms. The number of imide groups is 1. The molecule has 2 aromatic rings. The number of likely N-dealkylation sites (tertiary alicyclic amines) is 1. The van der Waals surface area contributed by atoms with Gasteiger partial charge >= 0.3 is 0 Å². The Morgan fingerprint density at radius 3 is 2.83 bits per heavy atom. The summed E-state index contributed by atoms with van der Waals surface area (Å²) in [6.07, 6.45) is 2.66. The first-order chi connectivity index (χ1) is 11.2. The minimum Gasteiger partial charge on any atom is -0.444 e.